The summed E-state index contributed by atoms with van der Waals surface area (Å²) in [6.45, 7) is 3.02. The van der Waals surface area contributed by atoms with Crippen LogP contribution in [0.1, 0.15) is 30.1 Å². The van der Waals surface area contributed by atoms with Crippen LogP contribution in [0.25, 0.3) is 0 Å². The molecule has 2 aromatic rings. The number of hydrogen-bond donors (Lipinski definition) is 1. The van der Waals surface area contributed by atoms with Gasteiger partial charge >= 0.3 is 0 Å². The number of amides is 2. The van der Waals surface area contributed by atoms with Crippen LogP contribution in [0.2, 0.25) is 0 Å². The summed E-state index contributed by atoms with van der Waals surface area (Å²) in [5.74, 6) is 0.330. The Morgan fingerprint density at radius 1 is 1.46 bits per heavy atom. The minimum absolute atomic E-state index is 0.145. The van der Waals surface area contributed by atoms with Crippen molar-refractivity contribution in [2.24, 2.45) is 0 Å². The first-order chi connectivity index (χ1) is 11.7. The number of carbonyl (C=O) groups is 2. The molecule has 126 valence electrons. The van der Waals surface area contributed by atoms with Gasteiger partial charge in [-0.15, -0.1) is 11.3 Å². The second kappa shape index (κ2) is 7.44. The van der Waals surface area contributed by atoms with Gasteiger partial charge in [-0.3, -0.25) is 9.59 Å². The highest BCUT2D eigenvalue weighted by Gasteiger charge is 2.34. The number of thiazole rings is 1. The molecule has 7 heteroatoms. The number of aromatic nitrogens is 1. The summed E-state index contributed by atoms with van der Waals surface area (Å²) in [5.41, 5.74) is 0.537. The van der Waals surface area contributed by atoms with Crippen LogP contribution in [-0.4, -0.2) is 40.9 Å². The molecule has 0 saturated carbocycles. The molecule has 1 fully saturated rings. The summed E-state index contributed by atoms with van der Waals surface area (Å²) in [6, 6.07) is 6.62. The van der Waals surface area contributed by atoms with Gasteiger partial charge in [-0.25, -0.2) is 4.98 Å². The van der Waals surface area contributed by atoms with Crippen LogP contribution in [0.15, 0.2) is 35.8 Å². The Morgan fingerprint density at radius 3 is 3.08 bits per heavy atom. The van der Waals surface area contributed by atoms with Gasteiger partial charge in [-0.05, 0) is 38.0 Å². The van der Waals surface area contributed by atoms with Crippen LogP contribution >= 0.6 is 11.3 Å². The van der Waals surface area contributed by atoms with Crippen molar-refractivity contribution in [3.05, 3.63) is 41.4 Å². The van der Waals surface area contributed by atoms with Gasteiger partial charge < -0.3 is 15.0 Å². The number of carbonyl (C=O) groups excluding carboxylic acids is 2. The first-order valence-electron chi connectivity index (χ1n) is 7.93. The zero-order chi connectivity index (χ0) is 16.9. The fourth-order valence-electron chi connectivity index (χ4n) is 2.81. The van der Waals surface area contributed by atoms with Crippen molar-refractivity contribution in [3.8, 4) is 5.75 Å². The molecule has 1 aliphatic rings. The Hall–Kier alpha value is -2.41. The van der Waals surface area contributed by atoms with Gasteiger partial charge in [0.05, 0.1) is 6.61 Å². The minimum Gasteiger partial charge on any atom is -0.494 e. The number of nitrogens with zero attached hydrogens (tertiary/aromatic N) is 2. The summed E-state index contributed by atoms with van der Waals surface area (Å²) in [4.78, 5) is 31.0. The van der Waals surface area contributed by atoms with Crippen molar-refractivity contribution in [2.75, 3.05) is 18.5 Å². The lowest BCUT2D eigenvalue weighted by molar-refractivity contribution is -0.119. The Kier molecular flexibility index (Phi) is 5.10. The molecule has 1 N–H and O–H groups in total. The van der Waals surface area contributed by atoms with E-state index in [2.05, 4.69) is 10.3 Å². The smallest absolute Gasteiger partial charge is 0.254 e. The van der Waals surface area contributed by atoms with Gasteiger partial charge in [0.15, 0.2) is 5.13 Å². The second-order valence-electron chi connectivity index (χ2n) is 5.44. The maximum Gasteiger partial charge on any atom is 0.254 e. The summed E-state index contributed by atoms with van der Waals surface area (Å²) < 4.78 is 5.45. The average molecular weight is 345 g/mol. The molecule has 0 radical (unpaired) electrons. The molecular formula is C17H19N3O3S. The van der Waals surface area contributed by atoms with Crippen molar-refractivity contribution in [1.29, 1.82) is 0 Å². The van der Waals surface area contributed by atoms with E-state index in [9.17, 15) is 9.59 Å². The van der Waals surface area contributed by atoms with Gasteiger partial charge in [0.25, 0.3) is 5.91 Å². The number of hydrogen-bond acceptors (Lipinski definition) is 5. The lowest BCUT2D eigenvalue weighted by Gasteiger charge is -2.23. The maximum absolute atomic E-state index is 12.8. The molecule has 1 aromatic heterocycles. The van der Waals surface area contributed by atoms with E-state index in [0.717, 1.165) is 6.42 Å². The van der Waals surface area contributed by atoms with Crippen LogP contribution in [0.3, 0.4) is 0 Å². The summed E-state index contributed by atoms with van der Waals surface area (Å²) in [5, 5.41) is 5.13. The van der Waals surface area contributed by atoms with Crippen LogP contribution in [0.5, 0.6) is 5.75 Å². The summed E-state index contributed by atoms with van der Waals surface area (Å²) >= 11 is 1.36. The van der Waals surface area contributed by atoms with Crippen LogP contribution < -0.4 is 10.1 Å². The Bertz CT molecular complexity index is 718. The molecule has 0 spiro atoms. The standard InChI is InChI=1S/C17H19N3O3S/c1-2-23-13-6-3-5-12(11-13)16(22)20-9-4-7-14(20)15(21)19-17-18-8-10-24-17/h3,5-6,8,10-11,14H,2,4,7,9H2,1H3,(H,18,19,21)/t14-/m0/s1. The van der Waals surface area contributed by atoms with E-state index in [4.69, 9.17) is 4.74 Å². The normalized spacial score (nSPS) is 16.9. The van der Waals surface area contributed by atoms with Crippen molar-refractivity contribution < 1.29 is 14.3 Å². The van der Waals surface area contributed by atoms with E-state index in [-0.39, 0.29) is 11.8 Å². The first-order valence-corrected chi connectivity index (χ1v) is 8.81. The number of ether oxygens (including phenoxy) is 1. The third kappa shape index (κ3) is 3.56. The van der Waals surface area contributed by atoms with Crippen LogP contribution in [-0.2, 0) is 4.79 Å². The number of benzene rings is 1. The number of likely N-dealkylation sites (tertiary alicyclic amines) is 1. The van der Waals surface area contributed by atoms with Crippen LogP contribution in [0.4, 0.5) is 5.13 Å². The van der Waals surface area contributed by atoms with Crippen molar-refractivity contribution in [1.82, 2.24) is 9.88 Å². The van der Waals surface area contributed by atoms with Gasteiger partial charge in [-0.2, -0.15) is 0 Å². The van der Waals surface area contributed by atoms with Gasteiger partial charge in [0.2, 0.25) is 5.91 Å². The minimum atomic E-state index is -0.461. The largest absolute Gasteiger partial charge is 0.494 e. The molecule has 2 amide bonds. The van der Waals surface area contributed by atoms with E-state index in [1.807, 2.05) is 13.0 Å². The Balaban J connectivity index is 1.73. The van der Waals surface area contributed by atoms with Crippen LogP contribution in [0, 0.1) is 0 Å². The van der Waals surface area contributed by atoms with Crippen molar-refractivity contribution in [3.63, 3.8) is 0 Å². The molecule has 2 heterocycles. The zero-order valence-electron chi connectivity index (χ0n) is 13.4. The fraction of sp³-hybridized carbons (Fsp3) is 0.353. The van der Waals surface area contributed by atoms with Gasteiger partial charge in [-0.1, -0.05) is 6.07 Å². The highest BCUT2D eigenvalue weighted by Crippen LogP contribution is 2.23. The third-order valence-electron chi connectivity index (χ3n) is 3.87. The van der Waals surface area contributed by atoms with Crippen molar-refractivity contribution >= 4 is 28.3 Å². The molecule has 24 heavy (non-hydrogen) atoms. The van der Waals surface area contributed by atoms with E-state index >= 15 is 0 Å². The summed E-state index contributed by atoms with van der Waals surface area (Å²) in [7, 11) is 0. The number of rotatable bonds is 5. The number of anilines is 1. The molecule has 0 bridgehead atoms. The van der Waals surface area contributed by atoms with E-state index in [1.165, 1.54) is 11.3 Å². The van der Waals surface area contributed by atoms with E-state index in [0.29, 0.717) is 36.0 Å². The fourth-order valence-corrected chi connectivity index (χ4v) is 3.34. The Morgan fingerprint density at radius 2 is 2.33 bits per heavy atom. The highest BCUT2D eigenvalue weighted by atomic mass is 32.1. The maximum atomic E-state index is 12.8. The molecule has 0 unspecified atom stereocenters. The first kappa shape index (κ1) is 16.4. The average Bonchev–Trinajstić information content (AvgIpc) is 3.26. The SMILES string of the molecule is CCOc1cccc(C(=O)N2CCC[C@H]2C(=O)Nc2nccs2)c1. The predicted octanol–water partition coefficient (Wildman–Crippen LogP) is 2.79. The van der Waals surface area contributed by atoms with Crippen molar-refractivity contribution in [2.45, 2.75) is 25.8 Å². The highest BCUT2D eigenvalue weighted by molar-refractivity contribution is 7.13. The Labute approximate surface area is 144 Å². The zero-order valence-corrected chi connectivity index (χ0v) is 14.2. The molecule has 1 aliphatic heterocycles. The molecule has 1 atom stereocenters. The topological polar surface area (TPSA) is 71.5 Å². The molecule has 1 saturated heterocycles. The number of nitrogens with one attached hydrogen (secondary N) is 1. The van der Waals surface area contributed by atoms with E-state index in [1.54, 1.807) is 34.7 Å². The summed E-state index contributed by atoms with van der Waals surface area (Å²) in [6.07, 6.45) is 3.11. The van der Waals surface area contributed by atoms with E-state index < -0.39 is 6.04 Å². The molecule has 0 aliphatic carbocycles. The monoisotopic (exact) mass is 345 g/mol. The predicted molar refractivity (Wildman–Crippen MR) is 92.4 cm³/mol. The molecule has 3 rings (SSSR count). The third-order valence-corrected chi connectivity index (χ3v) is 4.56. The lowest BCUT2D eigenvalue weighted by atomic mass is 10.1. The van der Waals surface area contributed by atoms with Gasteiger partial charge in [0.1, 0.15) is 11.8 Å². The van der Waals surface area contributed by atoms with Gasteiger partial charge in [0, 0.05) is 23.7 Å². The molecule has 6 nitrogen and oxygen atoms in total. The molecule has 1 aromatic carbocycles. The second-order valence-corrected chi connectivity index (χ2v) is 6.34. The lowest BCUT2D eigenvalue weighted by Crippen LogP contribution is -2.43. The quantitative estimate of drug-likeness (QED) is 0.904. The molecular weight excluding hydrogens is 326 g/mol.